The Bertz CT molecular complexity index is 1910. The smallest absolute Gasteiger partial charge is 0.121 e. The van der Waals surface area contributed by atoms with Gasteiger partial charge in [0.1, 0.15) is 5.58 Å². The van der Waals surface area contributed by atoms with Crippen molar-refractivity contribution < 1.29 is 24.5 Å². The van der Waals surface area contributed by atoms with E-state index in [0.29, 0.717) is 0 Å². The molecule has 0 aliphatic carbocycles. The van der Waals surface area contributed by atoms with Crippen molar-refractivity contribution in [2.75, 3.05) is 0 Å². The normalized spacial score (nSPS) is 12.0. The van der Waals surface area contributed by atoms with Gasteiger partial charge in [0, 0.05) is 37.9 Å². The van der Waals surface area contributed by atoms with Gasteiger partial charge in [0.05, 0.1) is 13.7 Å². The van der Waals surface area contributed by atoms with E-state index in [9.17, 15) is 0 Å². The molecule has 0 spiro atoms. The van der Waals surface area contributed by atoms with Gasteiger partial charge in [-0.15, -0.1) is 35.9 Å². The van der Waals surface area contributed by atoms with Crippen LogP contribution in [0.25, 0.3) is 44.5 Å². The molecule has 0 saturated carbocycles. The molecule has 0 atom stereocenters. The molecule has 0 aliphatic heterocycles. The first kappa shape index (κ1) is 35.4. The number of furan rings is 1. The van der Waals surface area contributed by atoms with Crippen molar-refractivity contribution in [2.24, 2.45) is 10.8 Å². The van der Waals surface area contributed by atoms with E-state index >= 15 is 0 Å². The van der Waals surface area contributed by atoms with Crippen LogP contribution < -0.4 is 5.19 Å². The van der Waals surface area contributed by atoms with Crippen molar-refractivity contribution in [3.8, 4) is 22.5 Å². The molecule has 2 aromatic carbocycles. The van der Waals surface area contributed by atoms with E-state index < -0.39 is 8.07 Å². The average molecular weight is 804 g/mol. The summed E-state index contributed by atoms with van der Waals surface area (Å²) in [7, 11) is -1.37. The summed E-state index contributed by atoms with van der Waals surface area (Å²) in [5, 5.41) is 3.56. The van der Waals surface area contributed by atoms with E-state index in [1.807, 2.05) is 48.8 Å². The van der Waals surface area contributed by atoms with Crippen molar-refractivity contribution in [2.45, 2.75) is 74.0 Å². The van der Waals surface area contributed by atoms with Crippen molar-refractivity contribution in [3.63, 3.8) is 0 Å². The van der Waals surface area contributed by atoms with Gasteiger partial charge in [0.15, 0.2) is 0 Å². The Hall–Kier alpha value is -3.44. The summed E-state index contributed by atoms with van der Waals surface area (Å²) in [6, 6.07) is 25.8. The molecule has 0 unspecified atom stereocenters. The third kappa shape index (κ3) is 8.88. The maximum atomic E-state index is 6.07. The Morgan fingerprint density at radius 1 is 0.761 bits per heavy atom. The Balaban J connectivity index is 0.000000207. The van der Waals surface area contributed by atoms with Gasteiger partial charge < -0.3 is 19.4 Å². The Kier molecular flexibility index (Phi) is 10.9. The van der Waals surface area contributed by atoms with Gasteiger partial charge in [-0.05, 0) is 70.2 Å². The van der Waals surface area contributed by atoms with E-state index in [1.165, 1.54) is 16.3 Å². The molecule has 4 aromatic heterocycles. The third-order valence-electron chi connectivity index (χ3n) is 7.55. The van der Waals surface area contributed by atoms with Gasteiger partial charge >= 0.3 is 0 Å². The second-order valence-corrected chi connectivity index (χ2v) is 20.4. The van der Waals surface area contributed by atoms with Crippen molar-refractivity contribution in [1.29, 1.82) is 0 Å². The summed E-state index contributed by atoms with van der Waals surface area (Å²) in [4.78, 5) is 13.5. The summed E-state index contributed by atoms with van der Waals surface area (Å²) in [6.45, 7) is 20.8. The van der Waals surface area contributed by atoms with E-state index in [-0.39, 0.29) is 30.9 Å². The van der Waals surface area contributed by atoms with Gasteiger partial charge in [0.25, 0.3) is 0 Å². The zero-order chi connectivity index (χ0) is 32.4. The molecule has 4 nitrogen and oxygen atoms in total. The van der Waals surface area contributed by atoms with Gasteiger partial charge in [-0.1, -0.05) is 108 Å². The fourth-order valence-electron chi connectivity index (χ4n) is 5.69. The first-order chi connectivity index (χ1) is 21.2. The minimum absolute atomic E-state index is 0. The van der Waals surface area contributed by atoms with E-state index in [2.05, 4.69) is 120 Å². The number of para-hydroxylation sites is 1. The number of pyridine rings is 3. The third-order valence-corrected chi connectivity index (χ3v) is 9.62. The molecule has 6 aromatic rings. The number of fused-ring (bicyclic) bond motifs is 3. The number of rotatable bonds is 5. The minimum Gasteiger partial charge on any atom is -0.500 e. The zero-order valence-electron chi connectivity index (χ0n) is 28.6. The fourth-order valence-corrected chi connectivity index (χ4v) is 7.26. The van der Waals surface area contributed by atoms with Gasteiger partial charge in [0.2, 0.25) is 0 Å². The Morgan fingerprint density at radius 3 is 2.15 bits per heavy atom. The van der Waals surface area contributed by atoms with Crippen LogP contribution in [-0.2, 0) is 32.9 Å². The molecule has 241 valence electrons. The van der Waals surface area contributed by atoms with Gasteiger partial charge in [-0.3, -0.25) is 0 Å². The van der Waals surface area contributed by atoms with Crippen LogP contribution in [0.4, 0.5) is 0 Å². The van der Waals surface area contributed by atoms with Crippen LogP contribution in [0, 0.1) is 23.1 Å². The maximum absolute atomic E-state index is 6.07. The molecule has 46 heavy (non-hydrogen) atoms. The van der Waals surface area contributed by atoms with Crippen LogP contribution in [-0.4, -0.2) is 23.0 Å². The molecule has 0 aliphatic rings. The van der Waals surface area contributed by atoms with Gasteiger partial charge in [-0.2, -0.15) is 0 Å². The molecular formula is C40H45IrN3OSi-2. The van der Waals surface area contributed by atoms with Crippen molar-refractivity contribution >= 4 is 35.2 Å². The summed E-state index contributed by atoms with van der Waals surface area (Å²) in [5.41, 5.74) is 8.69. The molecule has 0 N–H and O–H groups in total. The number of hydrogen-bond acceptors (Lipinski definition) is 4. The number of aromatic nitrogens is 3. The molecule has 0 bridgehead atoms. The predicted molar refractivity (Wildman–Crippen MR) is 191 cm³/mol. The van der Waals surface area contributed by atoms with Crippen LogP contribution in [0.3, 0.4) is 0 Å². The monoisotopic (exact) mass is 804 g/mol. The predicted octanol–water partition coefficient (Wildman–Crippen LogP) is 10.1. The van der Waals surface area contributed by atoms with Crippen LogP contribution >= 0.6 is 0 Å². The number of hydrogen-bond donors (Lipinski definition) is 0. The summed E-state index contributed by atoms with van der Waals surface area (Å²) in [6.07, 6.45) is 10.9. The summed E-state index contributed by atoms with van der Waals surface area (Å²) in [5.74, 6) is 0. The maximum Gasteiger partial charge on any atom is 0.121 e. The minimum atomic E-state index is -1.37. The first-order valence-corrected chi connectivity index (χ1v) is 19.3. The number of benzene rings is 2. The fraction of sp³-hybridized carbons (Fsp3) is 0.325. The first-order valence-electron chi connectivity index (χ1n) is 15.8. The van der Waals surface area contributed by atoms with Crippen LogP contribution in [0.1, 0.15) is 52.7 Å². The molecule has 0 amide bonds. The van der Waals surface area contributed by atoms with Crippen LogP contribution in [0.5, 0.6) is 0 Å². The zero-order valence-corrected chi connectivity index (χ0v) is 32.0. The van der Waals surface area contributed by atoms with Crippen LogP contribution in [0.2, 0.25) is 19.6 Å². The topological polar surface area (TPSA) is 51.8 Å². The summed E-state index contributed by atoms with van der Waals surface area (Å²) >= 11 is 0. The quantitative estimate of drug-likeness (QED) is 0.129. The number of nitrogens with zero attached hydrogens (tertiary/aromatic N) is 3. The standard InChI is InChI=1S/C21H19N2O.C19H26NSi.Ir/c1-21(2,3)11-14-8-9-23-18(10-14)17-13-22-12-16-15-6-4-5-7-19(15)24-20(16)17;1-19(2,3)13-16-12-17(15-10-8-7-9-11-15)20-14-18(16)21(4,5)6;/h4-10,12H,11H2,1-3H3;7-10,12,14H,13H2,1-6H3;/q2*-1;. The van der Waals surface area contributed by atoms with Crippen LogP contribution in [0.15, 0.2) is 89.7 Å². The SMILES string of the molecule is CC(C)(C)Cc1cc(-c2[c-]cccc2)ncc1[Si](C)(C)C.CC(C)(C)Cc1ccnc(-c2[c-]ncc3c2oc2ccccc23)c1.[Ir]. The van der Waals surface area contributed by atoms with Gasteiger partial charge in [-0.25, -0.2) is 0 Å². The molecule has 0 saturated heterocycles. The van der Waals surface area contributed by atoms with E-state index in [0.717, 1.165) is 57.3 Å². The van der Waals surface area contributed by atoms with E-state index in [4.69, 9.17) is 9.40 Å². The molecule has 6 heteroatoms. The average Bonchev–Trinajstić information content (AvgIpc) is 3.35. The molecular weight excluding hydrogens is 759 g/mol. The van der Waals surface area contributed by atoms with Crippen molar-refractivity contribution in [3.05, 3.63) is 109 Å². The molecule has 6 rings (SSSR count). The molecule has 0 fully saturated rings. The van der Waals surface area contributed by atoms with Crippen molar-refractivity contribution in [1.82, 2.24) is 15.0 Å². The molecule has 1 radical (unpaired) electrons. The molecule has 4 heterocycles. The Labute approximate surface area is 289 Å². The second-order valence-electron chi connectivity index (χ2n) is 15.4. The summed E-state index contributed by atoms with van der Waals surface area (Å²) < 4.78 is 6.07. The Morgan fingerprint density at radius 2 is 1.48 bits per heavy atom. The second kappa shape index (κ2) is 14.1. The van der Waals surface area contributed by atoms with E-state index in [1.54, 1.807) is 0 Å². The largest absolute Gasteiger partial charge is 0.500 e.